The van der Waals surface area contributed by atoms with Gasteiger partial charge >= 0.3 is 5.97 Å². The molecule has 162 valence electrons. The molecule has 32 heavy (non-hydrogen) atoms. The van der Waals surface area contributed by atoms with Crippen molar-refractivity contribution < 1.29 is 15.0 Å². The first-order chi connectivity index (χ1) is 15.6. The summed E-state index contributed by atoms with van der Waals surface area (Å²) in [5, 5.41) is 25.3. The normalized spacial score (nSPS) is 11.9. The van der Waals surface area contributed by atoms with Gasteiger partial charge in [0.2, 0.25) is 0 Å². The van der Waals surface area contributed by atoms with Gasteiger partial charge in [0.05, 0.1) is 11.7 Å². The molecular formula is C27H25NO3S. The predicted octanol–water partition coefficient (Wildman–Crippen LogP) is 5.65. The second kappa shape index (κ2) is 10.4. The van der Waals surface area contributed by atoms with Crippen molar-refractivity contribution in [1.29, 1.82) is 0 Å². The molecule has 3 N–H and O–H groups in total. The van der Waals surface area contributed by atoms with Crippen LogP contribution in [0.25, 0.3) is 21.6 Å². The molecule has 4 nitrogen and oxygen atoms in total. The highest BCUT2D eigenvalue weighted by atomic mass is 32.1. The van der Waals surface area contributed by atoms with Crippen LogP contribution in [0.2, 0.25) is 0 Å². The number of rotatable bonds is 9. The second-order valence-corrected chi connectivity index (χ2v) is 8.53. The fourth-order valence-electron chi connectivity index (χ4n) is 3.81. The van der Waals surface area contributed by atoms with E-state index in [-0.39, 0.29) is 0 Å². The molecule has 0 bridgehead atoms. The number of carboxylic acid groups (broad SMARTS) is 1. The number of carboxylic acids is 1. The van der Waals surface area contributed by atoms with Crippen LogP contribution in [-0.2, 0) is 6.42 Å². The quantitative estimate of drug-likeness (QED) is 0.293. The first-order valence-corrected chi connectivity index (χ1v) is 11.4. The first-order valence-electron chi connectivity index (χ1n) is 10.6. The molecule has 0 fully saturated rings. The van der Waals surface area contributed by atoms with Crippen LogP contribution in [0.1, 0.15) is 27.6 Å². The third-order valence-corrected chi connectivity index (χ3v) is 6.36. The second-order valence-electron chi connectivity index (χ2n) is 7.58. The summed E-state index contributed by atoms with van der Waals surface area (Å²) in [5.41, 5.74) is 5.22. The molecule has 1 atom stereocenters. The van der Waals surface area contributed by atoms with Crippen LogP contribution in [0.15, 0.2) is 90.3 Å². The Morgan fingerprint density at radius 2 is 1.69 bits per heavy atom. The molecule has 4 rings (SSSR count). The molecule has 0 saturated heterocycles. The van der Waals surface area contributed by atoms with Crippen molar-refractivity contribution in [3.8, 4) is 21.6 Å². The smallest absolute Gasteiger partial charge is 0.336 e. The average Bonchev–Trinajstić information content (AvgIpc) is 3.37. The number of hydrogen-bond donors (Lipinski definition) is 3. The summed E-state index contributed by atoms with van der Waals surface area (Å²) in [6, 6.07) is 27.3. The summed E-state index contributed by atoms with van der Waals surface area (Å²) in [4.78, 5) is 12.7. The topological polar surface area (TPSA) is 69.6 Å². The van der Waals surface area contributed by atoms with Crippen LogP contribution < -0.4 is 5.32 Å². The molecule has 0 amide bonds. The van der Waals surface area contributed by atoms with Crippen molar-refractivity contribution in [2.75, 3.05) is 13.1 Å². The number of nitrogens with one attached hydrogen (secondary N) is 1. The van der Waals surface area contributed by atoms with Crippen molar-refractivity contribution in [3.05, 3.63) is 107 Å². The lowest BCUT2D eigenvalue weighted by atomic mass is 9.94. The van der Waals surface area contributed by atoms with Crippen molar-refractivity contribution in [2.24, 2.45) is 0 Å². The maximum Gasteiger partial charge on any atom is 0.336 e. The molecule has 3 aromatic carbocycles. The van der Waals surface area contributed by atoms with E-state index in [2.05, 4.69) is 17.4 Å². The predicted molar refractivity (Wildman–Crippen MR) is 130 cm³/mol. The molecule has 5 heteroatoms. The number of hydrogen-bond acceptors (Lipinski definition) is 4. The fraction of sp³-hybridized carbons (Fsp3) is 0.148. The van der Waals surface area contributed by atoms with E-state index in [1.165, 1.54) is 16.9 Å². The summed E-state index contributed by atoms with van der Waals surface area (Å²) in [7, 11) is 0. The number of aliphatic hydroxyl groups excluding tert-OH is 1. The highest BCUT2D eigenvalue weighted by Gasteiger charge is 2.15. The fourth-order valence-corrected chi connectivity index (χ4v) is 4.57. The molecule has 1 heterocycles. The molecule has 0 saturated carbocycles. The summed E-state index contributed by atoms with van der Waals surface area (Å²) < 4.78 is 0. The van der Waals surface area contributed by atoms with Crippen LogP contribution in [-0.4, -0.2) is 29.3 Å². The zero-order valence-electron chi connectivity index (χ0n) is 17.6. The lowest BCUT2D eigenvalue weighted by Gasteiger charge is -2.14. The van der Waals surface area contributed by atoms with Gasteiger partial charge in [0.25, 0.3) is 0 Å². The monoisotopic (exact) mass is 443 g/mol. The summed E-state index contributed by atoms with van der Waals surface area (Å²) in [6.45, 7) is 1.22. The highest BCUT2D eigenvalue weighted by molar-refractivity contribution is 7.13. The van der Waals surface area contributed by atoms with Gasteiger partial charge in [-0.15, -0.1) is 11.3 Å². The van der Waals surface area contributed by atoms with Gasteiger partial charge < -0.3 is 15.5 Å². The number of carbonyl (C=O) groups is 1. The molecule has 0 aliphatic carbocycles. The van der Waals surface area contributed by atoms with Crippen molar-refractivity contribution in [2.45, 2.75) is 12.5 Å². The zero-order valence-corrected chi connectivity index (χ0v) is 18.4. The summed E-state index contributed by atoms with van der Waals surface area (Å²) in [5.74, 6) is -0.922. The maximum absolute atomic E-state index is 11.7. The molecule has 0 aliphatic rings. The maximum atomic E-state index is 11.7. The number of benzene rings is 3. The number of thiophene rings is 1. The third kappa shape index (κ3) is 5.14. The van der Waals surface area contributed by atoms with Gasteiger partial charge in [0, 0.05) is 17.0 Å². The number of aromatic carboxylic acids is 1. The largest absolute Gasteiger partial charge is 0.478 e. The standard InChI is InChI=1S/C27H25NO3S/c29-25(20-8-2-1-3-9-20)18-28-15-14-19-7-4-5-10-22(19)21-12-13-23(27(30)31)24(17-21)26-11-6-16-32-26/h1-13,16-17,25,28-29H,14-15,18H2,(H,30,31)/t25-/m0/s1. The van der Waals surface area contributed by atoms with Crippen LogP contribution in [0.4, 0.5) is 0 Å². The van der Waals surface area contributed by atoms with Gasteiger partial charge in [-0.25, -0.2) is 4.79 Å². The Labute approximate surface area is 191 Å². The lowest BCUT2D eigenvalue weighted by Crippen LogP contribution is -2.23. The third-order valence-electron chi connectivity index (χ3n) is 5.46. The van der Waals surface area contributed by atoms with E-state index < -0.39 is 12.1 Å². The Balaban J connectivity index is 1.50. The van der Waals surface area contributed by atoms with E-state index in [1.54, 1.807) is 6.07 Å². The minimum atomic E-state index is -0.922. The average molecular weight is 444 g/mol. The summed E-state index contributed by atoms with van der Waals surface area (Å²) >= 11 is 1.54. The minimum Gasteiger partial charge on any atom is -0.478 e. The number of aliphatic hydroxyl groups is 1. The Morgan fingerprint density at radius 1 is 0.906 bits per heavy atom. The van der Waals surface area contributed by atoms with E-state index >= 15 is 0 Å². The molecule has 4 aromatic rings. The zero-order chi connectivity index (χ0) is 22.3. The van der Waals surface area contributed by atoms with Gasteiger partial charge in [0.15, 0.2) is 0 Å². The molecule has 0 aliphatic heterocycles. The van der Waals surface area contributed by atoms with Crippen LogP contribution in [0.3, 0.4) is 0 Å². The first kappa shape index (κ1) is 22.0. The van der Waals surface area contributed by atoms with E-state index in [0.717, 1.165) is 40.1 Å². The Hall–Kier alpha value is -3.25. The van der Waals surface area contributed by atoms with E-state index in [9.17, 15) is 15.0 Å². The van der Waals surface area contributed by atoms with Crippen LogP contribution >= 0.6 is 11.3 Å². The van der Waals surface area contributed by atoms with Crippen molar-refractivity contribution in [3.63, 3.8) is 0 Å². The van der Waals surface area contributed by atoms with Gasteiger partial charge in [-0.1, -0.05) is 66.7 Å². The molecule has 1 aromatic heterocycles. The Bertz CT molecular complexity index is 1170. The van der Waals surface area contributed by atoms with Crippen LogP contribution in [0.5, 0.6) is 0 Å². The van der Waals surface area contributed by atoms with Crippen molar-refractivity contribution in [1.82, 2.24) is 5.32 Å². The van der Waals surface area contributed by atoms with E-state index in [0.29, 0.717) is 12.1 Å². The molecule has 0 spiro atoms. The van der Waals surface area contributed by atoms with Gasteiger partial charge in [-0.3, -0.25) is 0 Å². The van der Waals surface area contributed by atoms with E-state index in [4.69, 9.17) is 0 Å². The molecule has 0 radical (unpaired) electrons. The van der Waals surface area contributed by atoms with Gasteiger partial charge in [-0.2, -0.15) is 0 Å². The SMILES string of the molecule is O=C(O)c1ccc(-c2ccccc2CCNC[C@H](O)c2ccccc2)cc1-c1cccs1. The lowest BCUT2D eigenvalue weighted by molar-refractivity contribution is 0.0698. The van der Waals surface area contributed by atoms with E-state index in [1.807, 2.05) is 72.1 Å². The van der Waals surface area contributed by atoms with Crippen molar-refractivity contribution >= 4 is 17.3 Å². The highest BCUT2D eigenvalue weighted by Crippen LogP contribution is 2.33. The minimum absolute atomic E-state index is 0.310. The summed E-state index contributed by atoms with van der Waals surface area (Å²) in [6.07, 6.45) is 0.260. The Morgan fingerprint density at radius 3 is 2.44 bits per heavy atom. The molecular weight excluding hydrogens is 418 g/mol. The van der Waals surface area contributed by atoms with Gasteiger partial charge in [0.1, 0.15) is 0 Å². The van der Waals surface area contributed by atoms with Crippen LogP contribution in [0, 0.1) is 0 Å². The molecule has 0 unspecified atom stereocenters. The van der Waals surface area contributed by atoms with Gasteiger partial charge in [-0.05, 0) is 58.8 Å². The Kier molecular flexibility index (Phi) is 7.12.